The standard InChI is InChI=1S/C22H25N3O3S/c1-26-14-4-13-23-22-25(24-15-17-5-9-19(27-2)10-6-17)21(16-29-22)18-7-11-20(28-3)12-8-18/h5-12,15-16H,4,13-14H2,1-3H3. The summed E-state index contributed by atoms with van der Waals surface area (Å²) in [6.07, 6.45) is 2.70. The summed E-state index contributed by atoms with van der Waals surface area (Å²) in [4.78, 5) is 5.55. The molecule has 0 N–H and O–H groups in total. The predicted molar refractivity (Wildman–Crippen MR) is 117 cm³/mol. The number of hydrogen-bond acceptors (Lipinski definition) is 6. The van der Waals surface area contributed by atoms with Crippen LogP contribution in [0.1, 0.15) is 12.0 Å². The third-order valence-electron chi connectivity index (χ3n) is 4.26. The molecule has 0 bridgehead atoms. The summed E-state index contributed by atoms with van der Waals surface area (Å²) < 4.78 is 17.5. The van der Waals surface area contributed by atoms with Gasteiger partial charge in [0, 0.05) is 31.2 Å². The quantitative estimate of drug-likeness (QED) is 0.394. The van der Waals surface area contributed by atoms with Gasteiger partial charge in [-0.05, 0) is 60.5 Å². The van der Waals surface area contributed by atoms with E-state index < -0.39 is 0 Å². The molecule has 0 aliphatic heterocycles. The van der Waals surface area contributed by atoms with E-state index >= 15 is 0 Å². The average molecular weight is 412 g/mol. The van der Waals surface area contributed by atoms with E-state index in [1.54, 1.807) is 32.7 Å². The maximum atomic E-state index is 5.27. The Balaban J connectivity index is 1.95. The molecular formula is C22H25N3O3S. The zero-order valence-electron chi connectivity index (χ0n) is 16.9. The second-order valence-corrected chi connectivity index (χ2v) is 7.03. The zero-order chi connectivity index (χ0) is 20.5. The minimum absolute atomic E-state index is 0.689. The Morgan fingerprint density at radius 2 is 1.59 bits per heavy atom. The molecule has 1 heterocycles. The Labute approximate surface area is 174 Å². The molecule has 0 fully saturated rings. The van der Waals surface area contributed by atoms with Gasteiger partial charge < -0.3 is 14.2 Å². The van der Waals surface area contributed by atoms with E-state index in [9.17, 15) is 0 Å². The Morgan fingerprint density at radius 1 is 0.931 bits per heavy atom. The first-order valence-electron chi connectivity index (χ1n) is 9.28. The SMILES string of the molecule is COCCCN=c1scc(-c2ccc(OC)cc2)n1N=Cc1ccc(OC)cc1. The number of nitrogens with zero attached hydrogens (tertiary/aromatic N) is 3. The van der Waals surface area contributed by atoms with Gasteiger partial charge in [0.1, 0.15) is 11.5 Å². The van der Waals surface area contributed by atoms with Crippen molar-refractivity contribution in [2.24, 2.45) is 10.1 Å². The van der Waals surface area contributed by atoms with Crippen molar-refractivity contribution in [1.82, 2.24) is 4.68 Å². The second kappa shape index (κ2) is 10.6. The van der Waals surface area contributed by atoms with Gasteiger partial charge >= 0.3 is 0 Å². The minimum atomic E-state index is 0.689. The fourth-order valence-corrected chi connectivity index (χ4v) is 3.54. The van der Waals surface area contributed by atoms with E-state index in [4.69, 9.17) is 24.3 Å². The maximum absolute atomic E-state index is 5.27. The zero-order valence-corrected chi connectivity index (χ0v) is 17.7. The van der Waals surface area contributed by atoms with Crippen LogP contribution in [-0.4, -0.2) is 45.4 Å². The van der Waals surface area contributed by atoms with E-state index in [1.165, 1.54) is 0 Å². The normalized spacial score (nSPS) is 11.9. The van der Waals surface area contributed by atoms with Crippen LogP contribution in [0.25, 0.3) is 11.3 Å². The number of thiazole rings is 1. The van der Waals surface area contributed by atoms with Crippen molar-refractivity contribution in [2.45, 2.75) is 6.42 Å². The molecule has 0 saturated carbocycles. The van der Waals surface area contributed by atoms with Crippen LogP contribution < -0.4 is 14.3 Å². The molecule has 152 valence electrons. The highest BCUT2D eigenvalue weighted by Crippen LogP contribution is 2.23. The lowest BCUT2D eigenvalue weighted by Gasteiger charge is -2.05. The Morgan fingerprint density at radius 3 is 2.21 bits per heavy atom. The molecule has 0 atom stereocenters. The first-order valence-corrected chi connectivity index (χ1v) is 10.2. The molecule has 6 nitrogen and oxygen atoms in total. The van der Waals surface area contributed by atoms with Crippen LogP contribution in [0, 0.1) is 0 Å². The van der Waals surface area contributed by atoms with E-state index in [-0.39, 0.29) is 0 Å². The third-order valence-corrected chi connectivity index (χ3v) is 5.12. The second-order valence-electron chi connectivity index (χ2n) is 6.19. The fourth-order valence-electron chi connectivity index (χ4n) is 2.68. The van der Waals surface area contributed by atoms with Gasteiger partial charge in [-0.25, -0.2) is 4.68 Å². The van der Waals surface area contributed by atoms with Crippen molar-refractivity contribution in [3.63, 3.8) is 0 Å². The molecule has 29 heavy (non-hydrogen) atoms. The number of hydrogen-bond donors (Lipinski definition) is 0. The lowest BCUT2D eigenvalue weighted by atomic mass is 10.2. The van der Waals surface area contributed by atoms with E-state index in [0.29, 0.717) is 13.2 Å². The number of rotatable bonds is 9. The molecule has 3 aromatic rings. The monoisotopic (exact) mass is 411 g/mol. The molecular weight excluding hydrogens is 386 g/mol. The smallest absolute Gasteiger partial charge is 0.206 e. The molecule has 7 heteroatoms. The number of aromatic nitrogens is 1. The van der Waals surface area contributed by atoms with Gasteiger partial charge in [-0.1, -0.05) is 0 Å². The van der Waals surface area contributed by atoms with Crippen LogP contribution in [0.2, 0.25) is 0 Å². The van der Waals surface area contributed by atoms with Crippen molar-refractivity contribution >= 4 is 17.6 Å². The summed E-state index contributed by atoms with van der Waals surface area (Å²) in [7, 11) is 5.02. The molecule has 0 aliphatic carbocycles. The molecule has 2 aromatic carbocycles. The van der Waals surface area contributed by atoms with E-state index in [2.05, 4.69) is 5.38 Å². The van der Waals surface area contributed by atoms with Gasteiger partial charge in [0.2, 0.25) is 4.80 Å². The van der Waals surface area contributed by atoms with Crippen LogP contribution >= 0.6 is 11.3 Å². The summed E-state index contributed by atoms with van der Waals surface area (Å²) in [6.45, 7) is 1.38. The highest BCUT2D eigenvalue weighted by Gasteiger charge is 2.08. The highest BCUT2D eigenvalue weighted by atomic mass is 32.1. The van der Waals surface area contributed by atoms with Crippen LogP contribution in [0.3, 0.4) is 0 Å². The van der Waals surface area contributed by atoms with Gasteiger partial charge in [-0.15, -0.1) is 11.3 Å². The summed E-state index contributed by atoms with van der Waals surface area (Å²) in [5.41, 5.74) is 3.01. The first-order chi connectivity index (χ1) is 14.2. The van der Waals surface area contributed by atoms with E-state index in [1.807, 2.05) is 59.4 Å². The van der Waals surface area contributed by atoms with Gasteiger partial charge in [0.25, 0.3) is 0 Å². The molecule has 0 amide bonds. The predicted octanol–water partition coefficient (Wildman–Crippen LogP) is 4.05. The topological polar surface area (TPSA) is 57.3 Å². The van der Waals surface area contributed by atoms with Crippen molar-refractivity contribution < 1.29 is 14.2 Å². The summed E-state index contributed by atoms with van der Waals surface area (Å²) >= 11 is 1.57. The van der Waals surface area contributed by atoms with Crippen molar-refractivity contribution in [3.05, 3.63) is 64.3 Å². The highest BCUT2D eigenvalue weighted by molar-refractivity contribution is 7.07. The van der Waals surface area contributed by atoms with Gasteiger partial charge in [0.05, 0.1) is 26.1 Å². The van der Waals surface area contributed by atoms with Gasteiger partial charge in [-0.3, -0.25) is 4.99 Å². The number of benzene rings is 2. The number of methoxy groups -OCH3 is 3. The largest absolute Gasteiger partial charge is 0.497 e. The van der Waals surface area contributed by atoms with Crippen LogP contribution in [-0.2, 0) is 4.74 Å². The van der Waals surface area contributed by atoms with Crippen molar-refractivity contribution in [2.75, 3.05) is 34.5 Å². The lowest BCUT2D eigenvalue weighted by Crippen LogP contribution is -2.13. The van der Waals surface area contributed by atoms with Gasteiger partial charge in [-0.2, -0.15) is 5.10 Å². The lowest BCUT2D eigenvalue weighted by molar-refractivity contribution is 0.196. The molecule has 0 saturated heterocycles. The summed E-state index contributed by atoms with van der Waals surface area (Å²) in [5, 5.41) is 6.79. The number of ether oxygens (including phenoxy) is 3. The van der Waals surface area contributed by atoms with Crippen LogP contribution in [0.15, 0.2) is 64.0 Å². The molecule has 3 rings (SSSR count). The first kappa shape index (κ1) is 20.8. The van der Waals surface area contributed by atoms with Crippen molar-refractivity contribution in [1.29, 1.82) is 0 Å². The maximum Gasteiger partial charge on any atom is 0.206 e. The third kappa shape index (κ3) is 5.56. The fraction of sp³-hybridized carbons (Fsp3) is 0.273. The van der Waals surface area contributed by atoms with Crippen LogP contribution in [0.4, 0.5) is 0 Å². The molecule has 0 radical (unpaired) electrons. The van der Waals surface area contributed by atoms with Gasteiger partial charge in [0.15, 0.2) is 0 Å². The van der Waals surface area contributed by atoms with Crippen molar-refractivity contribution in [3.8, 4) is 22.8 Å². The summed E-state index contributed by atoms with van der Waals surface area (Å²) in [6, 6.07) is 15.7. The minimum Gasteiger partial charge on any atom is -0.497 e. The molecule has 0 aliphatic rings. The van der Waals surface area contributed by atoms with Crippen LogP contribution in [0.5, 0.6) is 11.5 Å². The molecule has 0 spiro atoms. The molecule has 0 unspecified atom stereocenters. The summed E-state index contributed by atoms with van der Waals surface area (Å²) in [5.74, 6) is 1.64. The Bertz CT molecular complexity index is 989. The Kier molecular flexibility index (Phi) is 7.61. The Hall–Kier alpha value is -2.90. The van der Waals surface area contributed by atoms with E-state index in [0.717, 1.165) is 39.5 Å². The average Bonchev–Trinajstić information content (AvgIpc) is 3.18. The molecule has 1 aromatic heterocycles.